The highest BCUT2D eigenvalue weighted by Crippen LogP contribution is 2.27. The summed E-state index contributed by atoms with van der Waals surface area (Å²) in [6.45, 7) is 4.23. The van der Waals surface area contributed by atoms with Gasteiger partial charge in [0.25, 0.3) is 16.7 Å². The maximum Gasteiger partial charge on any atom is 0.277 e. The lowest BCUT2D eigenvalue weighted by Crippen LogP contribution is -2.24. The Kier molecular flexibility index (Phi) is 6.64. The van der Waals surface area contributed by atoms with Crippen molar-refractivity contribution in [2.45, 2.75) is 25.6 Å². The van der Waals surface area contributed by atoms with Gasteiger partial charge < -0.3 is 9.73 Å². The first kappa shape index (κ1) is 23.5. The summed E-state index contributed by atoms with van der Waals surface area (Å²) in [5, 5.41) is 17.1. The molecule has 1 N–H and O–H groups in total. The molecule has 0 radical (unpaired) electrons. The van der Waals surface area contributed by atoms with Crippen molar-refractivity contribution < 1.29 is 9.21 Å². The number of aromatic nitrogens is 4. The van der Waals surface area contributed by atoms with Gasteiger partial charge in [-0.25, -0.2) is 4.68 Å². The minimum atomic E-state index is -0.199. The summed E-state index contributed by atoms with van der Waals surface area (Å²) in [5.41, 5.74) is 4.00. The van der Waals surface area contributed by atoms with E-state index in [4.69, 9.17) is 4.42 Å². The lowest BCUT2D eigenvalue weighted by Gasteiger charge is -2.09. The molecule has 8 nitrogen and oxygen atoms in total. The molecule has 0 atom stereocenters. The number of benzene rings is 3. The fourth-order valence-corrected chi connectivity index (χ4v) is 4.37. The van der Waals surface area contributed by atoms with E-state index in [9.17, 15) is 9.59 Å². The molecule has 1 amide bonds. The second-order valence-electron chi connectivity index (χ2n) is 8.37. The summed E-state index contributed by atoms with van der Waals surface area (Å²) < 4.78 is 7.25. The molecule has 0 saturated carbocycles. The van der Waals surface area contributed by atoms with Gasteiger partial charge in [0.15, 0.2) is 5.69 Å². The summed E-state index contributed by atoms with van der Waals surface area (Å²) in [4.78, 5) is 25.6. The van der Waals surface area contributed by atoms with Gasteiger partial charge >= 0.3 is 0 Å². The number of carbonyl (C=O) groups excluding carboxylic acids is 1. The molecule has 0 fully saturated rings. The zero-order chi connectivity index (χ0) is 25.1. The van der Waals surface area contributed by atoms with Crippen LogP contribution in [0.3, 0.4) is 0 Å². The largest absolute Gasteiger partial charge is 0.409 e. The van der Waals surface area contributed by atoms with Crippen LogP contribution in [-0.2, 0) is 11.3 Å². The predicted octanol–water partition coefficient (Wildman–Crippen LogP) is 4.84. The number of amides is 1. The number of thioether (sulfide) groups is 1. The Morgan fingerprint density at radius 2 is 1.72 bits per heavy atom. The topological polar surface area (TPSA) is 103 Å². The van der Waals surface area contributed by atoms with Gasteiger partial charge in [0.05, 0.1) is 17.7 Å². The van der Waals surface area contributed by atoms with E-state index in [2.05, 4.69) is 20.6 Å². The molecule has 0 unspecified atom stereocenters. The number of carbonyl (C=O) groups is 1. The summed E-state index contributed by atoms with van der Waals surface area (Å²) in [6, 6.07) is 22.7. The molecule has 0 saturated heterocycles. The van der Waals surface area contributed by atoms with Gasteiger partial charge in [-0.15, -0.1) is 10.2 Å². The van der Waals surface area contributed by atoms with Crippen molar-refractivity contribution in [3.63, 3.8) is 0 Å². The number of nitrogens with one attached hydrogen (secondary N) is 1. The molecule has 36 heavy (non-hydrogen) atoms. The maximum atomic E-state index is 13.1. The number of nitrogens with zero attached hydrogens (tertiary/aromatic N) is 4. The second kappa shape index (κ2) is 10.2. The number of anilines is 1. The molecule has 2 aromatic heterocycles. The van der Waals surface area contributed by atoms with Gasteiger partial charge in [0.2, 0.25) is 5.91 Å². The fraction of sp³-hybridized carbons (Fsp3) is 0.148. The standard InChI is InChI=1S/C27H23N5O3S/c1-17-12-13-18(2)22(14-17)28-23(33)16-36-27-30-29-25(35-27)24-20-10-6-7-11-21(20)26(34)32(31-24)15-19-8-4-3-5-9-19/h3-14H,15-16H2,1-2H3,(H,28,33). The summed E-state index contributed by atoms with van der Waals surface area (Å²) in [5.74, 6) is 0.121. The molecule has 0 bridgehead atoms. The molecule has 5 rings (SSSR count). The molecule has 3 aromatic carbocycles. The van der Waals surface area contributed by atoms with Crippen molar-refractivity contribution in [3.8, 4) is 11.6 Å². The molecule has 0 aliphatic rings. The van der Waals surface area contributed by atoms with E-state index >= 15 is 0 Å². The fourth-order valence-electron chi connectivity index (χ4n) is 3.80. The van der Waals surface area contributed by atoms with Gasteiger partial charge in [-0.1, -0.05) is 72.4 Å². The number of hydrogen-bond donors (Lipinski definition) is 1. The van der Waals surface area contributed by atoms with Crippen molar-refractivity contribution in [1.82, 2.24) is 20.0 Å². The molecule has 9 heteroatoms. The van der Waals surface area contributed by atoms with E-state index in [1.165, 1.54) is 4.68 Å². The zero-order valence-corrected chi connectivity index (χ0v) is 20.6. The molecule has 2 heterocycles. The molecular formula is C27H23N5O3S. The van der Waals surface area contributed by atoms with Crippen molar-refractivity contribution in [2.75, 3.05) is 11.1 Å². The van der Waals surface area contributed by atoms with Crippen LogP contribution in [0.2, 0.25) is 0 Å². The first-order valence-corrected chi connectivity index (χ1v) is 12.3. The normalized spacial score (nSPS) is 11.1. The lowest BCUT2D eigenvalue weighted by atomic mass is 10.1. The van der Waals surface area contributed by atoms with Gasteiger partial charge in [0.1, 0.15) is 0 Å². The highest BCUT2D eigenvalue weighted by Gasteiger charge is 2.18. The third-order valence-corrected chi connectivity index (χ3v) is 6.46. The molecule has 180 valence electrons. The Morgan fingerprint density at radius 1 is 0.972 bits per heavy atom. The van der Waals surface area contributed by atoms with Crippen molar-refractivity contribution in [3.05, 3.63) is 99.8 Å². The average molecular weight is 498 g/mol. The van der Waals surface area contributed by atoms with Crippen LogP contribution in [0.5, 0.6) is 0 Å². The number of aryl methyl sites for hydroxylation is 2. The van der Waals surface area contributed by atoms with Gasteiger partial charge in [-0.05, 0) is 42.7 Å². The molecule has 0 spiro atoms. The summed E-state index contributed by atoms with van der Waals surface area (Å²) >= 11 is 1.14. The van der Waals surface area contributed by atoms with E-state index in [0.29, 0.717) is 23.0 Å². The van der Waals surface area contributed by atoms with Crippen molar-refractivity contribution in [2.24, 2.45) is 0 Å². The Morgan fingerprint density at radius 3 is 2.53 bits per heavy atom. The Labute approximate surface area is 211 Å². The Hall–Kier alpha value is -4.24. The Balaban J connectivity index is 1.38. The maximum absolute atomic E-state index is 13.1. The highest BCUT2D eigenvalue weighted by molar-refractivity contribution is 7.99. The highest BCUT2D eigenvalue weighted by atomic mass is 32.2. The first-order chi connectivity index (χ1) is 17.5. The van der Waals surface area contributed by atoms with Crippen LogP contribution in [0.4, 0.5) is 5.69 Å². The van der Waals surface area contributed by atoms with Gasteiger partial charge in [-0.2, -0.15) is 5.10 Å². The average Bonchev–Trinajstić information content (AvgIpc) is 3.36. The van der Waals surface area contributed by atoms with E-state index in [1.54, 1.807) is 12.1 Å². The number of hydrogen-bond acceptors (Lipinski definition) is 7. The molecule has 0 aliphatic heterocycles. The van der Waals surface area contributed by atoms with Crippen molar-refractivity contribution in [1.29, 1.82) is 0 Å². The summed E-state index contributed by atoms with van der Waals surface area (Å²) in [7, 11) is 0. The monoisotopic (exact) mass is 497 g/mol. The van der Waals surface area contributed by atoms with Crippen LogP contribution in [0, 0.1) is 13.8 Å². The van der Waals surface area contributed by atoms with E-state index in [0.717, 1.165) is 34.1 Å². The molecular weight excluding hydrogens is 474 g/mol. The smallest absolute Gasteiger partial charge is 0.277 e. The van der Waals surface area contributed by atoms with E-state index in [-0.39, 0.29) is 28.3 Å². The quantitative estimate of drug-likeness (QED) is 0.321. The lowest BCUT2D eigenvalue weighted by molar-refractivity contribution is -0.113. The van der Waals surface area contributed by atoms with Crippen LogP contribution in [-0.4, -0.2) is 31.6 Å². The van der Waals surface area contributed by atoms with Gasteiger partial charge in [-0.3, -0.25) is 9.59 Å². The Bertz CT molecular complexity index is 1610. The minimum absolute atomic E-state index is 0.108. The third kappa shape index (κ3) is 5.06. The van der Waals surface area contributed by atoms with Crippen LogP contribution < -0.4 is 10.9 Å². The third-order valence-electron chi connectivity index (χ3n) is 5.65. The second-order valence-corrected chi connectivity index (χ2v) is 9.30. The van der Waals surface area contributed by atoms with Gasteiger partial charge in [0, 0.05) is 11.1 Å². The van der Waals surface area contributed by atoms with Crippen LogP contribution >= 0.6 is 11.8 Å². The first-order valence-electron chi connectivity index (χ1n) is 11.4. The van der Waals surface area contributed by atoms with E-state index < -0.39 is 0 Å². The zero-order valence-electron chi connectivity index (χ0n) is 19.8. The van der Waals surface area contributed by atoms with E-state index in [1.807, 2.05) is 74.5 Å². The van der Waals surface area contributed by atoms with Crippen molar-refractivity contribution >= 4 is 34.1 Å². The molecule has 5 aromatic rings. The number of rotatable bonds is 7. The SMILES string of the molecule is Cc1ccc(C)c(NC(=O)CSc2nnc(-c3nn(Cc4ccccc4)c(=O)c4ccccc34)o2)c1. The van der Waals surface area contributed by atoms with Crippen LogP contribution in [0.1, 0.15) is 16.7 Å². The van der Waals surface area contributed by atoms with Crippen LogP contribution in [0.15, 0.2) is 87.2 Å². The molecule has 0 aliphatic carbocycles. The summed E-state index contributed by atoms with van der Waals surface area (Å²) in [6.07, 6.45) is 0. The van der Waals surface area contributed by atoms with Crippen LogP contribution in [0.25, 0.3) is 22.4 Å². The predicted molar refractivity (Wildman–Crippen MR) is 140 cm³/mol. The number of fused-ring (bicyclic) bond motifs is 1. The minimum Gasteiger partial charge on any atom is -0.409 e.